The third-order valence-corrected chi connectivity index (χ3v) is 6.38. The van der Waals surface area contributed by atoms with Crippen LogP contribution < -0.4 is 5.73 Å². The Morgan fingerprint density at radius 3 is 2.54 bits per heavy atom. The number of methoxy groups -OCH3 is 1. The van der Waals surface area contributed by atoms with Crippen LogP contribution in [0.3, 0.4) is 0 Å². The molecule has 1 aromatic heterocycles. The van der Waals surface area contributed by atoms with Gasteiger partial charge in [0.1, 0.15) is 22.0 Å². The first-order chi connectivity index (χ1) is 10.7. The number of esters is 1. The maximum absolute atomic E-state index is 13.0. The number of piperidine rings is 1. The van der Waals surface area contributed by atoms with Gasteiger partial charge >= 0.3 is 5.97 Å². The molecule has 0 bridgehead atoms. The molecule has 9 heteroatoms. The van der Waals surface area contributed by atoms with Crippen molar-refractivity contribution in [3.8, 4) is 0 Å². The van der Waals surface area contributed by atoms with Gasteiger partial charge in [-0.25, -0.2) is 13.2 Å². The molecule has 0 spiro atoms. The van der Waals surface area contributed by atoms with E-state index in [9.17, 15) is 13.2 Å². The van der Waals surface area contributed by atoms with Gasteiger partial charge in [0, 0.05) is 19.1 Å². The molecule has 1 aromatic rings. The number of hydrogen-bond donors (Lipinski definition) is 1. The predicted molar refractivity (Wildman–Crippen MR) is 91.9 cm³/mol. The Morgan fingerprint density at radius 2 is 2.00 bits per heavy atom. The molecule has 7 nitrogen and oxygen atoms in total. The monoisotopic (exact) mass is 380 g/mol. The summed E-state index contributed by atoms with van der Waals surface area (Å²) in [5.41, 5.74) is 5.91. The minimum atomic E-state index is -3.84. The van der Waals surface area contributed by atoms with E-state index in [0.717, 1.165) is 12.8 Å². The van der Waals surface area contributed by atoms with Crippen LogP contribution in [0.25, 0.3) is 0 Å². The summed E-state index contributed by atoms with van der Waals surface area (Å²) in [4.78, 5) is 11.9. The Bertz CT molecular complexity index is 699. The fraction of sp³-hybridized carbons (Fsp3) is 0.667. The van der Waals surface area contributed by atoms with Crippen LogP contribution in [0, 0.1) is 19.8 Å². The number of carbonyl (C=O) groups is 1. The van der Waals surface area contributed by atoms with Gasteiger partial charge in [0.25, 0.3) is 0 Å². The molecule has 1 saturated heterocycles. The number of ether oxygens (including phenoxy) is 1. The molecular weight excluding hydrogens is 356 g/mol. The fourth-order valence-corrected chi connectivity index (χ4v) is 4.97. The normalized spacial score (nSPS) is 20.3. The summed E-state index contributed by atoms with van der Waals surface area (Å²) in [6, 6.07) is -0.0831. The van der Waals surface area contributed by atoms with Crippen molar-refractivity contribution >= 4 is 28.4 Å². The van der Waals surface area contributed by atoms with E-state index in [2.05, 4.69) is 0 Å². The summed E-state index contributed by atoms with van der Waals surface area (Å²) in [6.45, 7) is 5.74. The number of nitrogens with zero attached hydrogens (tertiary/aromatic N) is 1. The van der Waals surface area contributed by atoms with Crippen molar-refractivity contribution in [3.63, 3.8) is 0 Å². The van der Waals surface area contributed by atoms with Crippen molar-refractivity contribution in [2.75, 3.05) is 20.2 Å². The molecule has 2 unspecified atom stereocenters. The molecule has 0 aliphatic carbocycles. The van der Waals surface area contributed by atoms with E-state index in [-0.39, 0.29) is 46.3 Å². The zero-order valence-electron chi connectivity index (χ0n) is 14.4. The molecule has 1 aliphatic rings. The molecule has 2 rings (SSSR count). The number of sulfonamides is 1. The first-order valence-corrected chi connectivity index (χ1v) is 9.08. The summed E-state index contributed by atoms with van der Waals surface area (Å²) < 4.78 is 37.6. The Labute approximate surface area is 149 Å². The van der Waals surface area contributed by atoms with Crippen molar-refractivity contribution in [1.82, 2.24) is 4.31 Å². The first kappa shape index (κ1) is 21.0. The molecular formula is C15H25ClN2O5S. The minimum absolute atomic E-state index is 0. The third-order valence-electron chi connectivity index (χ3n) is 4.36. The highest BCUT2D eigenvalue weighted by molar-refractivity contribution is 7.89. The van der Waals surface area contributed by atoms with E-state index in [1.807, 2.05) is 6.92 Å². The van der Waals surface area contributed by atoms with Crippen LogP contribution in [0.2, 0.25) is 0 Å². The van der Waals surface area contributed by atoms with E-state index in [0.29, 0.717) is 13.1 Å². The molecule has 1 fully saturated rings. The average molecular weight is 381 g/mol. The SMILES string of the molecule is COC(=O)c1c(C)oc(C)c1S(=O)(=O)N1CCCC(C(C)N)C1.Cl. The second-order valence-corrected chi connectivity index (χ2v) is 7.91. The maximum atomic E-state index is 13.0. The summed E-state index contributed by atoms with van der Waals surface area (Å²) in [7, 11) is -2.63. The topological polar surface area (TPSA) is 103 Å². The van der Waals surface area contributed by atoms with E-state index < -0.39 is 16.0 Å². The van der Waals surface area contributed by atoms with Gasteiger partial charge in [-0.1, -0.05) is 0 Å². The van der Waals surface area contributed by atoms with Crippen molar-refractivity contribution in [1.29, 1.82) is 0 Å². The lowest BCUT2D eigenvalue weighted by molar-refractivity contribution is 0.0594. The Morgan fingerprint density at radius 1 is 1.38 bits per heavy atom. The quantitative estimate of drug-likeness (QED) is 0.799. The van der Waals surface area contributed by atoms with Crippen molar-refractivity contribution < 1.29 is 22.4 Å². The molecule has 2 heterocycles. The van der Waals surface area contributed by atoms with Gasteiger partial charge in [-0.2, -0.15) is 4.31 Å². The number of nitrogens with two attached hydrogens (primary N) is 1. The van der Waals surface area contributed by atoms with E-state index in [1.165, 1.54) is 11.4 Å². The lowest BCUT2D eigenvalue weighted by Gasteiger charge is -2.33. The van der Waals surface area contributed by atoms with Crippen LogP contribution >= 0.6 is 12.4 Å². The Kier molecular flexibility index (Phi) is 6.86. The zero-order chi connectivity index (χ0) is 17.4. The highest BCUT2D eigenvalue weighted by Gasteiger charge is 2.38. The minimum Gasteiger partial charge on any atom is -0.465 e. The average Bonchev–Trinajstić information content (AvgIpc) is 2.81. The largest absolute Gasteiger partial charge is 0.465 e. The van der Waals surface area contributed by atoms with Gasteiger partial charge in [-0.15, -0.1) is 12.4 Å². The van der Waals surface area contributed by atoms with Crippen LogP contribution in [0.1, 0.15) is 41.6 Å². The highest BCUT2D eigenvalue weighted by atomic mass is 35.5. The van der Waals surface area contributed by atoms with Gasteiger partial charge in [0.15, 0.2) is 0 Å². The molecule has 138 valence electrons. The van der Waals surface area contributed by atoms with Crippen molar-refractivity contribution in [3.05, 3.63) is 17.1 Å². The van der Waals surface area contributed by atoms with Gasteiger partial charge in [-0.05, 0) is 39.5 Å². The molecule has 0 amide bonds. The first-order valence-electron chi connectivity index (χ1n) is 7.64. The number of rotatable bonds is 4. The van der Waals surface area contributed by atoms with Crippen LogP contribution in [-0.2, 0) is 14.8 Å². The molecule has 24 heavy (non-hydrogen) atoms. The van der Waals surface area contributed by atoms with Crippen molar-refractivity contribution in [2.24, 2.45) is 11.7 Å². The van der Waals surface area contributed by atoms with Gasteiger partial charge < -0.3 is 14.9 Å². The van der Waals surface area contributed by atoms with Crippen LogP contribution in [0.4, 0.5) is 0 Å². The smallest absolute Gasteiger partial charge is 0.342 e. The lowest BCUT2D eigenvalue weighted by Crippen LogP contribution is -2.45. The number of halogens is 1. The van der Waals surface area contributed by atoms with Crippen LogP contribution in [0.5, 0.6) is 0 Å². The molecule has 0 radical (unpaired) electrons. The predicted octanol–water partition coefficient (Wildman–Crippen LogP) is 1.85. The van der Waals surface area contributed by atoms with E-state index in [4.69, 9.17) is 14.9 Å². The molecule has 1 aliphatic heterocycles. The Balaban J connectivity index is 0.00000288. The Hall–Kier alpha value is -1.09. The standard InChI is InChI=1S/C15H24N2O5S.ClH/c1-9(16)12-6-5-7-17(8-12)23(19,20)14-11(3)22-10(2)13(14)15(18)21-4;/h9,12H,5-8,16H2,1-4H3;1H. The number of carbonyl (C=O) groups excluding carboxylic acids is 1. The van der Waals surface area contributed by atoms with Crippen molar-refractivity contribution in [2.45, 2.75) is 44.6 Å². The van der Waals surface area contributed by atoms with Crippen LogP contribution in [0.15, 0.2) is 9.31 Å². The van der Waals surface area contributed by atoms with E-state index in [1.54, 1.807) is 13.8 Å². The number of hydrogen-bond acceptors (Lipinski definition) is 6. The molecule has 0 aromatic carbocycles. The summed E-state index contributed by atoms with van der Waals surface area (Å²) in [5, 5.41) is 0. The number of furan rings is 1. The lowest BCUT2D eigenvalue weighted by atomic mass is 9.93. The highest BCUT2D eigenvalue weighted by Crippen LogP contribution is 2.32. The van der Waals surface area contributed by atoms with Gasteiger partial charge in [0.2, 0.25) is 10.0 Å². The number of aryl methyl sites for hydroxylation is 2. The summed E-state index contributed by atoms with van der Waals surface area (Å²) in [5.74, 6) is -0.161. The zero-order valence-corrected chi connectivity index (χ0v) is 16.0. The van der Waals surface area contributed by atoms with Gasteiger partial charge in [0.05, 0.1) is 7.11 Å². The molecule has 2 atom stereocenters. The molecule has 0 saturated carbocycles. The second-order valence-electron chi connectivity index (χ2n) is 6.03. The molecule has 2 N–H and O–H groups in total. The van der Waals surface area contributed by atoms with Crippen LogP contribution in [-0.4, -0.2) is 44.9 Å². The fourth-order valence-electron chi connectivity index (χ4n) is 3.06. The summed E-state index contributed by atoms with van der Waals surface area (Å²) in [6.07, 6.45) is 1.64. The summed E-state index contributed by atoms with van der Waals surface area (Å²) >= 11 is 0. The second kappa shape index (κ2) is 7.86. The van der Waals surface area contributed by atoms with Gasteiger partial charge in [-0.3, -0.25) is 0 Å². The maximum Gasteiger partial charge on any atom is 0.342 e. The third kappa shape index (κ3) is 3.77. The van der Waals surface area contributed by atoms with E-state index >= 15 is 0 Å².